The number of rotatable bonds is 5. The molecule has 2 heterocycles. The van der Waals surface area contributed by atoms with Gasteiger partial charge >= 0.3 is 11.9 Å². The second-order valence-electron chi connectivity index (χ2n) is 6.50. The van der Waals surface area contributed by atoms with Crippen molar-refractivity contribution in [1.29, 1.82) is 0 Å². The smallest absolute Gasteiger partial charge is 0.342 e. The average molecular weight is 407 g/mol. The van der Waals surface area contributed by atoms with Crippen molar-refractivity contribution in [1.82, 2.24) is 24.1 Å². The van der Waals surface area contributed by atoms with Crippen molar-refractivity contribution in [2.45, 2.75) is 33.5 Å². The molecule has 1 aromatic carbocycles. The van der Waals surface area contributed by atoms with Crippen LogP contribution >= 0.6 is 0 Å². The number of aryl methyl sites for hydroxylation is 1. The lowest BCUT2D eigenvalue weighted by atomic mass is 10.1. The van der Waals surface area contributed by atoms with Gasteiger partial charge in [-0.05, 0) is 32.9 Å². The first-order valence-corrected chi connectivity index (χ1v) is 9.08. The topological polar surface area (TPSA) is 72.5 Å². The molecule has 0 aliphatic carbocycles. The summed E-state index contributed by atoms with van der Waals surface area (Å²) in [5.74, 6) is -0.0819. The largest absolute Gasteiger partial charge is 0.416 e. The first-order chi connectivity index (χ1) is 13.7. The van der Waals surface area contributed by atoms with Crippen LogP contribution in [-0.2, 0) is 17.5 Å². The molecule has 0 radical (unpaired) electrons. The summed E-state index contributed by atoms with van der Waals surface area (Å²) >= 11 is 0. The van der Waals surface area contributed by atoms with Gasteiger partial charge in [0, 0.05) is 30.4 Å². The number of nitrogens with zero attached hydrogens (tertiary/aromatic N) is 5. The zero-order valence-electron chi connectivity index (χ0n) is 16.2. The van der Waals surface area contributed by atoms with E-state index in [0.717, 1.165) is 16.8 Å². The minimum atomic E-state index is -4.46. The molecule has 0 aliphatic heterocycles. The first kappa shape index (κ1) is 20.6. The van der Waals surface area contributed by atoms with E-state index in [9.17, 15) is 22.8 Å². The van der Waals surface area contributed by atoms with Crippen LogP contribution in [0, 0.1) is 6.92 Å². The highest BCUT2D eigenvalue weighted by Crippen LogP contribution is 2.30. The Hall–Kier alpha value is -3.17. The van der Waals surface area contributed by atoms with Gasteiger partial charge in [0.2, 0.25) is 5.91 Å². The number of amides is 1. The molecule has 0 atom stereocenters. The molecule has 7 nitrogen and oxygen atoms in total. The van der Waals surface area contributed by atoms with Gasteiger partial charge < -0.3 is 4.90 Å². The predicted octanol–water partition coefficient (Wildman–Crippen LogP) is 2.75. The van der Waals surface area contributed by atoms with Crippen LogP contribution in [0.3, 0.4) is 0 Å². The van der Waals surface area contributed by atoms with Crippen LogP contribution in [-0.4, -0.2) is 43.1 Å². The summed E-state index contributed by atoms with van der Waals surface area (Å²) in [4.78, 5) is 31.1. The number of alkyl halides is 3. The zero-order valence-corrected chi connectivity index (χ0v) is 16.2. The summed E-state index contributed by atoms with van der Waals surface area (Å²) in [6.07, 6.45) is -4.46. The average Bonchev–Trinajstić information content (AvgIpc) is 2.96. The van der Waals surface area contributed by atoms with Crippen molar-refractivity contribution >= 4 is 11.6 Å². The second-order valence-corrected chi connectivity index (χ2v) is 6.50. The van der Waals surface area contributed by atoms with Gasteiger partial charge in [0.25, 0.3) is 0 Å². The van der Waals surface area contributed by atoms with Gasteiger partial charge in [-0.2, -0.15) is 13.2 Å². The van der Waals surface area contributed by atoms with Gasteiger partial charge in [0.15, 0.2) is 5.65 Å². The van der Waals surface area contributed by atoms with E-state index < -0.39 is 17.4 Å². The highest BCUT2D eigenvalue weighted by Gasteiger charge is 2.30. The first-order valence-electron chi connectivity index (χ1n) is 9.08. The Morgan fingerprint density at radius 2 is 1.76 bits per heavy atom. The summed E-state index contributed by atoms with van der Waals surface area (Å²) in [7, 11) is 0. The molecule has 3 rings (SSSR count). The molecule has 1 amide bonds. The summed E-state index contributed by atoms with van der Waals surface area (Å²) in [5, 5.41) is 4.21. The molecule has 0 saturated carbocycles. The van der Waals surface area contributed by atoms with Crippen molar-refractivity contribution in [3.63, 3.8) is 0 Å². The third kappa shape index (κ3) is 4.01. The Morgan fingerprint density at radius 1 is 1.14 bits per heavy atom. The monoisotopic (exact) mass is 407 g/mol. The van der Waals surface area contributed by atoms with Crippen molar-refractivity contribution in [3.8, 4) is 11.4 Å². The lowest BCUT2D eigenvalue weighted by molar-refractivity contribution is -0.137. The highest BCUT2D eigenvalue weighted by molar-refractivity contribution is 5.75. The molecule has 0 N–H and O–H groups in total. The van der Waals surface area contributed by atoms with E-state index in [4.69, 9.17) is 0 Å². The highest BCUT2D eigenvalue weighted by atomic mass is 19.4. The Morgan fingerprint density at radius 3 is 2.31 bits per heavy atom. The van der Waals surface area contributed by atoms with E-state index >= 15 is 0 Å². The molecule has 0 fully saturated rings. The number of likely N-dealkylation sites (N-methyl/N-ethyl adjacent to an activating group) is 1. The van der Waals surface area contributed by atoms with Gasteiger partial charge in [-0.25, -0.2) is 18.9 Å². The fourth-order valence-electron chi connectivity index (χ4n) is 3.06. The van der Waals surface area contributed by atoms with Crippen LogP contribution in [0.25, 0.3) is 17.0 Å². The number of benzene rings is 1. The van der Waals surface area contributed by atoms with Crippen LogP contribution in [0.2, 0.25) is 0 Å². The summed E-state index contributed by atoms with van der Waals surface area (Å²) in [5.41, 5.74) is -0.228. The fourth-order valence-corrected chi connectivity index (χ4v) is 3.06. The van der Waals surface area contributed by atoms with E-state index in [-0.39, 0.29) is 23.9 Å². The molecule has 3 aromatic rings. The van der Waals surface area contributed by atoms with Crippen LogP contribution in [0.4, 0.5) is 13.2 Å². The normalized spacial score (nSPS) is 11.8. The fraction of sp³-hybridized carbons (Fsp3) is 0.368. The van der Waals surface area contributed by atoms with E-state index in [1.165, 1.54) is 16.5 Å². The lowest BCUT2D eigenvalue weighted by Gasteiger charge is -2.17. The number of carbonyl (C=O) groups excluding carboxylic acids is 1. The Balaban J connectivity index is 2.09. The van der Waals surface area contributed by atoms with Crippen LogP contribution in [0.1, 0.15) is 25.1 Å². The molecular weight excluding hydrogens is 387 g/mol. The maximum atomic E-state index is 12.9. The molecule has 0 bridgehead atoms. The van der Waals surface area contributed by atoms with Gasteiger partial charge in [0.05, 0.1) is 5.56 Å². The Kier molecular flexibility index (Phi) is 5.45. The SMILES string of the molecule is CCN(CC)C(=O)Cn1nc2cc(C)nc(-c3ccc(C(F)(F)F)cc3)n2c1=O. The zero-order chi connectivity index (χ0) is 21.3. The standard InChI is InChI=1S/C19H20F3N5O2/c1-4-25(5-2)16(28)11-26-18(29)27-15(24-26)10-12(3)23-17(27)13-6-8-14(9-7-13)19(20,21)22/h6-10H,4-5,11H2,1-3H3. The molecule has 0 saturated heterocycles. The Labute approximate surface area is 164 Å². The molecule has 154 valence electrons. The quantitative estimate of drug-likeness (QED) is 0.652. The molecule has 0 spiro atoms. The minimum Gasteiger partial charge on any atom is -0.342 e. The maximum Gasteiger partial charge on any atom is 0.416 e. The molecule has 0 aliphatic rings. The van der Waals surface area contributed by atoms with Crippen LogP contribution in [0.5, 0.6) is 0 Å². The van der Waals surface area contributed by atoms with Crippen molar-refractivity contribution in [2.24, 2.45) is 0 Å². The van der Waals surface area contributed by atoms with Crippen LogP contribution < -0.4 is 5.69 Å². The number of hydrogen-bond acceptors (Lipinski definition) is 4. The third-order valence-corrected chi connectivity index (χ3v) is 4.57. The number of hydrogen-bond donors (Lipinski definition) is 0. The number of fused-ring (bicyclic) bond motifs is 1. The number of halogens is 3. The van der Waals surface area contributed by atoms with E-state index in [0.29, 0.717) is 24.3 Å². The van der Waals surface area contributed by atoms with Crippen molar-refractivity contribution < 1.29 is 18.0 Å². The molecular formula is C19H20F3N5O2. The van der Waals surface area contributed by atoms with E-state index in [2.05, 4.69) is 10.1 Å². The number of carbonyl (C=O) groups is 1. The summed E-state index contributed by atoms with van der Waals surface area (Å²) in [6, 6.07) is 5.96. The Bertz CT molecular complexity index is 1100. The van der Waals surface area contributed by atoms with Crippen molar-refractivity contribution in [3.05, 3.63) is 52.1 Å². The number of aromatic nitrogens is 4. The second kappa shape index (κ2) is 7.69. The van der Waals surface area contributed by atoms with Gasteiger partial charge in [-0.3, -0.25) is 4.79 Å². The third-order valence-electron chi connectivity index (χ3n) is 4.57. The molecule has 2 aromatic heterocycles. The maximum absolute atomic E-state index is 12.9. The van der Waals surface area contributed by atoms with Gasteiger partial charge in [0.1, 0.15) is 12.4 Å². The van der Waals surface area contributed by atoms with Crippen LogP contribution in [0.15, 0.2) is 35.1 Å². The van der Waals surface area contributed by atoms with E-state index in [1.54, 1.807) is 17.9 Å². The van der Waals surface area contributed by atoms with Crippen molar-refractivity contribution in [2.75, 3.05) is 13.1 Å². The lowest BCUT2D eigenvalue weighted by Crippen LogP contribution is -2.36. The molecule has 29 heavy (non-hydrogen) atoms. The van der Waals surface area contributed by atoms with E-state index in [1.807, 2.05) is 13.8 Å². The summed E-state index contributed by atoms with van der Waals surface area (Å²) in [6.45, 7) is 6.16. The summed E-state index contributed by atoms with van der Waals surface area (Å²) < 4.78 is 40.7. The minimum absolute atomic E-state index is 0.167. The van der Waals surface area contributed by atoms with Gasteiger partial charge in [-0.15, -0.1) is 5.10 Å². The molecule has 10 heteroatoms. The predicted molar refractivity (Wildman–Crippen MR) is 100 cm³/mol. The van der Waals surface area contributed by atoms with Gasteiger partial charge in [-0.1, -0.05) is 12.1 Å². The molecule has 0 unspecified atom stereocenters.